The van der Waals surface area contributed by atoms with E-state index in [-0.39, 0.29) is 12.8 Å². The lowest BCUT2D eigenvalue weighted by Crippen LogP contribution is -2.07. The van der Waals surface area contributed by atoms with Gasteiger partial charge in [-0.2, -0.15) is 0 Å². The van der Waals surface area contributed by atoms with Crippen LogP contribution in [-0.4, -0.2) is 28.8 Å². The van der Waals surface area contributed by atoms with Crippen molar-refractivity contribution < 1.29 is 24.5 Å². The highest BCUT2D eigenvalue weighted by molar-refractivity contribution is 9.11. The summed E-state index contributed by atoms with van der Waals surface area (Å²) in [5.41, 5.74) is 3.33. The van der Waals surface area contributed by atoms with Gasteiger partial charge in [0, 0.05) is 21.8 Å². The molecule has 168 valence electrons. The number of carboxylic acids is 2. The van der Waals surface area contributed by atoms with Crippen molar-refractivity contribution in [3.8, 4) is 5.75 Å². The molecule has 0 amide bonds. The van der Waals surface area contributed by atoms with E-state index in [0.29, 0.717) is 25.2 Å². The van der Waals surface area contributed by atoms with Crippen LogP contribution in [0.3, 0.4) is 0 Å². The SMILES string of the molecule is O=C(O)CCCOc1cccc(CCCCCc2cc(Br)cc(Br)c2)c1CCC(=O)O. The minimum absolute atomic E-state index is 0.0419. The minimum Gasteiger partial charge on any atom is -0.493 e. The Hall–Kier alpha value is -1.86. The first-order valence-electron chi connectivity index (χ1n) is 10.5. The first-order chi connectivity index (χ1) is 14.8. The monoisotopic (exact) mass is 554 g/mol. The van der Waals surface area contributed by atoms with Gasteiger partial charge in [0.1, 0.15) is 5.75 Å². The van der Waals surface area contributed by atoms with Gasteiger partial charge in [-0.25, -0.2) is 0 Å². The number of unbranched alkanes of at least 4 members (excludes halogenated alkanes) is 2. The molecule has 5 nitrogen and oxygen atoms in total. The summed E-state index contributed by atoms with van der Waals surface area (Å²) >= 11 is 7.05. The van der Waals surface area contributed by atoms with Crippen LogP contribution in [-0.2, 0) is 28.9 Å². The predicted octanol–water partition coefficient (Wildman–Crippen LogP) is 6.43. The van der Waals surface area contributed by atoms with E-state index in [2.05, 4.69) is 44.0 Å². The average Bonchev–Trinajstić information content (AvgIpc) is 2.69. The van der Waals surface area contributed by atoms with Gasteiger partial charge in [-0.15, -0.1) is 0 Å². The molecular formula is C24H28Br2O5. The molecule has 0 aliphatic heterocycles. The second-order valence-electron chi connectivity index (χ2n) is 7.47. The van der Waals surface area contributed by atoms with Gasteiger partial charge < -0.3 is 14.9 Å². The summed E-state index contributed by atoms with van der Waals surface area (Å²) in [5.74, 6) is -1.02. The predicted molar refractivity (Wildman–Crippen MR) is 128 cm³/mol. The summed E-state index contributed by atoms with van der Waals surface area (Å²) in [5, 5.41) is 17.9. The van der Waals surface area contributed by atoms with Crippen LogP contribution >= 0.6 is 31.9 Å². The molecule has 0 aliphatic carbocycles. The molecular weight excluding hydrogens is 528 g/mol. The largest absolute Gasteiger partial charge is 0.493 e. The summed E-state index contributed by atoms with van der Waals surface area (Å²) in [6.45, 7) is 0.304. The summed E-state index contributed by atoms with van der Waals surface area (Å²) in [6.07, 6.45) is 5.97. The fraction of sp³-hybridized carbons (Fsp3) is 0.417. The average molecular weight is 556 g/mol. The maximum absolute atomic E-state index is 11.1. The van der Waals surface area contributed by atoms with Gasteiger partial charge in [-0.3, -0.25) is 9.59 Å². The number of benzene rings is 2. The minimum atomic E-state index is -0.848. The van der Waals surface area contributed by atoms with Gasteiger partial charge in [0.2, 0.25) is 0 Å². The molecule has 2 aromatic carbocycles. The van der Waals surface area contributed by atoms with Crippen LogP contribution in [0.15, 0.2) is 45.3 Å². The second kappa shape index (κ2) is 13.5. The molecule has 0 saturated carbocycles. The molecule has 0 saturated heterocycles. The third-order valence-electron chi connectivity index (χ3n) is 4.95. The number of aryl methyl sites for hydroxylation is 2. The van der Waals surface area contributed by atoms with E-state index in [1.165, 1.54) is 5.56 Å². The van der Waals surface area contributed by atoms with E-state index in [1.807, 2.05) is 24.3 Å². The fourth-order valence-corrected chi connectivity index (χ4v) is 4.87. The van der Waals surface area contributed by atoms with Crippen LogP contribution in [0.5, 0.6) is 5.75 Å². The molecule has 0 bridgehead atoms. The molecule has 31 heavy (non-hydrogen) atoms. The molecule has 2 rings (SSSR count). The number of carbonyl (C=O) groups is 2. The van der Waals surface area contributed by atoms with Crippen LogP contribution < -0.4 is 4.74 Å². The molecule has 0 heterocycles. The van der Waals surface area contributed by atoms with Crippen molar-refractivity contribution in [2.24, 2.45) is 0 Å². The summed E-state index contributed by atoms with van der Waals surface area (Å²) in [7, 11) is 0. The molecule has 0 spiro atoms. The molecule has 0 atom stereocenters. The third kappa shape index (κ3) is 9.87. The maximum atomic E-state index is 11.1. The normalized spacial score (nSPS) is 10.8. The second-order valence-corrected chi connectivity index (χ2v) is 9.30. The summed E-state index contributed by atoms with van der Waals surface area (Å²) in [6, 6.07) is 12.1. The number of halogens is 2. The highest BCUT2D eigenvalue weighted by Gasteiger charge is 2.12. The molecule has 0 aromatic heterocycles. The van der Waals surface area contributed by atoms with Crippen molar-refractivity contribution >= 4 is 43.8 Å². The van der Waals surface area contributed by atoms with E-state index >= 15 is 0 Å². The van der Waals surface area contributed by atoms with Crippen molar-refractivity contribution in [1.29, 1.82) is 0 Å². The van der Waals surface area contributed by atoms with Crippen LogP contribution in [0.25, 0.3) is 0 Å². The van der Waals surface area contributed by atoms with Crippen molar-refractivity contribution in [2.75, 3.05) is 6.61 Å². The van der Waals surface area contributed by atoms with Crippen LogP contribution in [0.4, 0.5) is 0 Å². The summed E-state index contributed by atoms with van der Waals surface area (Å²) in [4.78, 5) is 21.8. The van der Waals surface area contributed by atoms with Gasteiger partial charge in [0.05, 0.1) is 6.61 Å². The van der Waals surface area contributed by atoms with E-state index < -0.39 is 11.9 Å². The van der Waals surface area contributed by atoms with Crippen molar-refractivity contribution in [3.63, 3.8) is 0 Å². The van der Waals surface area contributed by atoms with Gasteiger partial charge >= 0.3 is 11.9 Å². The molecule has 0 radical (unpaired) electrons. The Morgan fingerprint density at radius 2 is 1.48 bits per heavy atom. The molecule has 2 aromatic rings. The van der Waals surface area contributed by atoms with E-state index in [9.17, 15) is 9.59 Å². The molecule has 7 heteroatoms. The molecule has 2 N–H and O–H groups in total. The number of rotatable bonds is 14. The van der Waals surface area contributed by atoms with Crippen LogP contribution in [0.1, 0.15) is 55.2 Å². The van der Waals surface area contributed by atoms with Crippen LogP contribution in [0.2, 0.25) is 0 Å². The highest BCUT2D eigenvalue weighted by Crippen LogP contribution is 2.27. The zero-order valence-electron chi connectivity index (χ0n) is 17.4. The lowest BCUT2D eigenvalue weighted by molar-refractivity contribution is -0.138. The van der Waals surface area contributed by atoms with Gasteiger partial charge in [0.15, 0.2) is 0 Å². The Balaban J connectivity index is 1.92. The Bertz CT molecular complexity index is 862. The Labute approximate surface area is 200 Å². The fourth-order valence-electron chi connectivity index (χ4n) is 3.48. The summed E-state index contributed by atoms with van der Waals surface area (Å²) < 4.78 is 7.94. The lowest BCUT2D eigenvalue weighted by atomic mass is 9.96. The lowest BCUT2D eigenvalue weighted by Gasteiger charge is -2.15. The van der Waals surface area contributed by atoms with Crippen LogP contribution in [0, 0.1) is 0 Å². The first-order valence-corrected chi connectivity index (χ1v) is 12.1. The highest BCUT2D eigenvalue weighted by atomic mass is 79.9. The van der Waals surface area contributed by atoms with E-state index in [1.54, 1.807) is 0 Å². The molecule has 0 unspecified atom stereocenters. The number of hydrogen-bond acceptors (Lipinski definition) is 3. The Morgan fingerprint density at radius 3 is 2.16 bits per heavy atom. The smallest absolute Gasteiger partial charge is 0.303 e. The van der Waals surface area contributed by atoms with Gasteiger partial charge in [0.25, 0.3) is 0 Å². The quantitative estimate of drug-likeness (QED) is 0.262. The number of aliphatic carboxylic acids is 2. The maximum Gasteiger partial charge on any atom is 0.303 e. The molecule has 0 fully saturated rings. The van der Waals surface area contributed by atoms with E-state index in [0.717, 1.165) is 52.2 Å². The Kier molecular flexibility index (Phi) is 11.1. The third-order valence-corrected chi connectivity index (χ3v) is 5.86. The topological polar surface area (TPSA) is 83.8 Å². The molecule has 0 aliphatic rings. The number of carboxylic acid groups (broad SMARTS) is 2. The Morgan fingerprint density at radius 1 is 0.806 bits per heavy atom. The van der Waals surface area contributed by atoms with Crippen molar-refractivity contribution in [3.05, 3.63) is 62.0 Å². The number of hydrogen-bond donors (Lipinski definition) is 2. The van der Waals surface area contributed by atoms with Crippen molar-refractivity contribution in [1.82, 2.24) is 0 Å². The zero-order valence-corrected chi connectivity index (χ0v) is 20.6. The first kappa shape index (κ1) is 25.4. The van der Waals surface area contributed by atoms with Crippen molar-refractivity contribution in [2.45, 2.75) is 57.8 Å². The zero-order chi connectivity index (χ0) is 22.6. The standard InChI is InChI=1S/C24H28Br2O5/c25-19-14-17(15-20(26)16-19)6-2-1-3-7-18-8-4-9-22(21(18)11-12-24(29)30)31-13-5-10-23(27)28/h4,8-9,14-16H,1-3,5-7,10-13H2,(H,27,28)(H,29,30). The number of ether oxygens (including phenoxy) is 1. The van der Waals surface area contributed by atoms with Gasteiger partial charge in [-0.05, 0) is 79.5 Å². The van der Waals surface area contributed by atoms with E-state index in [4.69, 9.17) is 14.9 Å². The van der Waals surface area contributed by atoms with Gasteiger partial charge in [-0.1, -0.05) is 50.4 Å².